The summed E-state index contributed by atoms with van der Waals surface area (Å²) < 4.78 is 0. The van der Waals surface area contributed by atoms with Crippen LogP contribution in [-0.2, 0) is 6.42 Å². The Morgan fingerprint density at radius 2 is 2.05 bits per heavy atom. The van der Waals surface area contributed by atoms with E-state index in [1.54, 1.807) is 12.1 Å². The molecule has 1 heterocycles. The molecule has 0 radical (unpaired) electrons. The van der Waals surface area contributed by atoms with Crippen LogP contribution >= 0.6 is 0 Å². The fourth-order valence-corrected chi connectivity index (χ4v) is 2.63. The van der Waals surface area contributed by atoms with Crippen LogP contribution in [-0.4, -0.2) is 9.91 Å². The number of aromatic nitrogens is 1. The number of anilines is 1. The molecule has 1 aliphatic rings. The standard InChI is InChI=1S/C15H15N3O2/c19-18(20)13-8-6-12(7-9-13)17-14-5-1-3-11-4-2-10-16-15(11)14/h2,4,6-10,14,17H,1,3,5H2. The summed E-state index contributed by atoms with van der Waals surface area (Å²) in [5.41, 5.74) is 3.38. The van der Waals surface area contributed by atoms with Crippen molar-refractivity contribution >= 4 is 11.4 Å². The largest absolute Gasteiger partial charge is 0.377 e. The molecule has 1 atom stereocenters. The third kappa shape index (κ3) is 2.47. The van der Waals surface area contributed by atoms with E-state index in [-0.39, 0.29) is 16.7 Å². The maximum Gasteiger partial charge on any atom is 0.269 e. The van der Waals surface area contributed by atoms with Crippen molar-refractivity contribution in [3.63, 3.8) is 0 Å². The molecule has 0 spiro atoms. The number of hydrogen-bond acceptors (Lipinski definition) is 4. The maximum atomic E-state index is 10.6. The zero-order valence-electron chi connectivity index (χ0n) is 11.0. The van der Waals surface area contributed by atoms with Gasteiger partial charge in [0.05, 0.1) is 16.7 Å². The Kier molecular flexibility index (Phi) is 3.33. The van der Waals surface area contributed by atoms with E-state index in [2.05, 4.69) is 16.4 Å². The summed E-state index contributed by atoms with van der Waals surface area (Å²) in [5, 5.41) is 14.1. The lowest BCUT2D eigenvalue weighted by Crippen LogP contribution is -2.18. The Hall–Kier alpha value is -2.43. The number of nitro benzene ring substituents is 1. The molecule has 0 saturated heterocycles. The van der Waals surface area contributed by atoms with Gasteiger partial charge in [-0.2, -0.15) is 0 Å². The van der Waals surface area contributed by atoms with E-state index in [1.807, 2.05) is 12.3 Å². The van der Waals surface area contributed by atoms with Crippen molar-refractivity contribution in [2.75, 3.05) is 5.32 Å². The van der Waals surface area contributed by atoms with Gasteiger partial charge in [0, 0.05) is 24.0 Å². The second kappa shape index (κ2) is 5.28. The minimum Gasteiger partial charge on any atom is -0.377 e. The highest BCUT2D eigenvalue weighted by Gasteiger charge is 2.21. The molecule has 1 N–H and O–H groups in total. The van der Waals surface area contributed by atoms with Crippen molar-refractivity contribution in [2.45, 2.75) is 25.3 Å². The van der Waals surface area contributed by atoms with E-state index in [4.69, 9.17) is 0 Å². The molecule has 5 nitrogen and oxygen atoms in total. The van der Waals surface area contributed by atoms with Crippen molar-refractivity contribution in [1.82, 2.24) is 4.98 Å². The zero-order chi connectivity index (χ0) is 13.9. The topological polar surface area (TPSA) is 68.1 Å². The van der Waals surface area contributed by atoms with E-state index in [0.29, 0.717) is 0 Å². The summed E-state index contributed by atoms with van der Waals surface area (Å²) in [6.45, 7) is 0. The highest BCUT2D eigenvalue weighted by atomic mass is 16.6. The van der Waals surface area contributed by atoms with E-state index in [1.165, 1.54) is 17.7 Å². The van der Waals surface area contributed by atoms with Gasteiger partial charge >= 0.3 is 0 Å². The highest BCUT2D eigenvalue weighted by molar-refractivity contribution is 5.50. The summed E-state index contributed by atoms with van der Waals surface area (Å²) >= 11 is 0. The van der Waals surface area contributed by atoms with Crippen LogP contribution in [0.25, 0.3) is 0 Å². The minimum absolute atomic E-state index is 0.109. The van der Waals surface area contributed by atoms with Gasteiger partial charge in [-0.1, -0.05) is 6.07 Å². The summed E-state index contributed by atoms with van der Waals surface area (Å²) in [5.74, 6) is 0. The monoisotopic (exact) mass is 269 g/mol. The fraction of sp³-hybridized carbons (Fsp3) is 0.267. The summed E-state index contributed by atoms with van der Waals surface area (Å²) in [6.07, 6.45) is 5.04. The molecular formula is C15H15N3O2. The number of pyridine rings is 1. The minimum atomic E-state index is -0.388. The summed E-state index contributed by atoms with van der Waals surface area (Å²) in [4.78, 5) is 14.7. The molecule has 1 aromatic heterocycles. The van der Waals surface area contributed by atoms with Gasteiger partial charge in [0.25, 0.3) is 5.69 Å². The number of non-ortho nitro benzene ring substituents is 1. The van der Waals surface area contributed by atoms with Crippen molar-refractivity contribution < 1.29 is 4.92 Å². The molecular weight excluding hydrogens is 254 g/mol. The predicted octanol–water partition coefficient (Wildman–Crippen LogP) is 3.48. The first-order valence-corrected chi connectivity index (χ1v) is 6.69. The van der Waals surface area contributed by atoms with Crippen LogP contribution in [0.2, 0.25) is 0 Å². The van der Waals surface area contributed by atoms with Crippen LogP contribution in [0.3, 0.4) is 0 Å². The average Bonchev–Trinajstić information content (AvgIpc) is 2.48. The average molecular weight is 269 g/mol. The first kappa shape index (κ1) is 12.6. The van der Waals surface area contributed by atoms with Crippen molar-refractivity contribution in [1.29, 1.82) is 0 Å². The molecule has 0 bridgehead atoms. The molecule has 0 amide bonds. The van der Waals surface area contributed by atoms with Gasteiger partial charge in [0.15, 0.2) is 0 Å². The number of nitro groups is 1. The molecule has 0 aliphatic heterocycles. The van der Waals surface area contributed by atoms with Crippen LogP contribution < -0.4 is 5.32 Å². The fourth-order valence-electron chi connectivity index (χ4n) is 2.63. The second-order valence-corrected chi connectivity index (χ2v) is 4.94. The van der Waals surface area contributed by atoms with Crippen molar-refractivity contribution in [3.8, 4) is 0 Å². The molecule has 5 heteroatoms. The summed E-state index contributed by atoms with van der Waals surface area (Å²) in [7, 11) is 0. The Balaban J connectivity index is 1.80. The zero-order valence-corrected chi connectivity index (χ0v) is 11.0. The predicted molar refractivity (Wildman–Crippen MR) is 76.6 cm³/mol. The number of nitrogens with one attached hydrogen (secondary N) is 1. The van der Waals surface area contributed by atoms with Crippen LogP contribution in [0.1, 0.15) is 30.1 Å². The lowest BCUT2D eigenvalue weighted by molar-refractivity contribution is -0.384. The van der Waals surface area contributed by atoms with Gasteiger partial charge in [-0.3, -0.25) is 15.1 Å². The maximum absolute atomic E-state index is 10.6. The van der Waals surface area contributed by atoms with E-state index in [0.717, 1.165) is 30.6 Å². The molecule has 20 heavy (non-hydrogen) atoms. The van der Waals surface area contributed by atoms with Gasteiger partial charge in [0.1, 0.15) is 0 Å². The third-order valence-electron chi connectivity index (χ3n) is 3.61. The quantitative estimate of drug-likeness (QED) is 0.684. The number of hydrogen-bond donors (Lipinski definition) is 1. The Labute approximate surface area is 116 Å². The Bertz CT molecular complexity index is 625. The van der Waals surface area contributed by atoms with E-state index >= 15 is 0 Å². The van der Waals surface area contributed by atoms with Gasteiger partial charge in [-0.05, 0) is 43.0 Å². The molecule has 1 aromatic carbocycles. The number of nitrogens with zero attached hydrogens (tertiary/aromatic N) is 2. The Morgan fingerprint density at radius 1 is 1.25 bits per heavy atom. The van der Waals surface area contributed by atoms with Crippen molar-refractivity contribution in [2.24, 2.45) is 0 Å². The van der Waals surface area contributed by atoms with Gasteiger partial charge in [-0.25, -0.2) is 0 Å². The number of rotatable bonds is 3. The van der Waals surface area contributed by atoms with Crippen LogP contribution in [0.4, 0.5) is 11.4 Å². The lowest BCUT2D eigenvalue weighted by Gasteiger charge is -2.25. The van der Waals surface area contributed by atoms with E-state index < -0.39 is 0 Å². The molecule has 0 fully saturated rings. The SMILES string of the molecule is O=[N+]([O-])c1ccc(NC2CCCc3cccnc32)cc1. The molecule has 1 aliphatic carbocycles. The number of fused-ring (bicyclic) bond motifs is 1. The molecule has 102 valence electrons. The molecule has 0 saturated carbocycles. The molecule has 3 rings (SSSR count). The van der Waals surface area contributed by atoms with Gasteiger partial charge in [0.2, 0.25) is 0 Å². The van der Waals surface area contributed by atoms with Gasteiger partial charge < -0.3 is 5.32 Å². The second-order valence-electron chi connectivity index (χ2n) is 4.94. The first-order chi connectivity index (χ1) is 9.74. The molecule has 1 unspecified atom stereocenters. The first-order valence-electron chi connectivity index (χ1n) is 6.69. The van der Waals surface area contributed by atoms with Crippen LogP contribution in [0.5, 0.6) is 0 Å². The normalized spacial score (nSPS) is 17.3. The van der Waals surface area contributed by atoms with Crippen molar-refractivity contribution in [3.05, 3.63) is 64.0 Å². The van der Waals surface area contributed by atoms with Crippen LogP contribution in [0, 0.1) is 10.1 Å². The Morgan fingerprint density at radius 3 is 2.80 bits per heavy atom. The van der Waals surface area contributed by atoms with Crippen LogP contribution in [0.15, 0.2) is 42.6 Å². The highest BCUT2D eigenvalue weighted by Crippen LogP contribution is 2.31. The van der Waals surface area contributed by atoms with Gasteiger partial charge in [-0.15, -0.1) is 0 Å². The third-order valence-corrected chi connectivity index (χ3v) is 3.61. The lowest BCUT2D eigenvalue weighted by atomic mass is 9.92. The smallest absolute Gasteiger partial charge is 0.269 e. The number of aryl methyl sites for hydroxylation is 1. The van der Waals surface area contributed by atoms with E-state index in [9.17, 15) is 10.1 Å². The summed E-state index contributed by atoms with van der Waals surface area (Å²) in [6, 6.07) is 10.8. The molecule has 2 aromatic rings. The number of benzene rings is 1.